The molecule has 6 nitrogen and oxygen atoms in total. The first-order chi connectivity index (χ1) is 13.4. The normalized spacial score (nSPS) is 20.9. The van der Waals surface area contributed by atoms with E-state index in [1.54, 1.807) is 7.11 Å². The summed E-state index contributed by atoms with van der Waals surface area (Å²) in [7, 11) is 1.59. The van der Waals surface area contributed by atoms with E-state index in [0.717, 1.165) is 5.76 Å². The van der Waals surface area contributed by atoms with Crippen molar-refractivity contribution < 1.29 is 32.2 Å². The molecule has 0 aromatic carbocycles. The van der Waals surface area contributed by atoms with Gasteiger partial charge in [-0.2, -0.15) is 13.2 Å². The van der Waals surface area contributed by atoms with Crippen molar-refractivity contribution in [1.29, 1.82) is 0 Å². The van der Waals surface area contributed by atoms with E-state index in [1.807, 2.05) is 32.2 Å². The van der Waals surface area contributed by atoms with Gasteiger partial charge in [-0.1, -0.05) is 0 Å². The minimum atomic E-state index is -4.85. The molecule has 168 valence electrons. The Hall–Kier alpha value is -1.77. The fourth-order valence-corrected chi connectivity index (χ4v) is 3.08. The van der Waals surface area contributed by atoms with E-state index >= 15 is 0 Å². The van der Waals surface area contributed by atoms with Crippen molar-refractivity contribution >= 4 is 11.8 Å². The van der Waals surface area contributed by atoms with Gasteiger partial charge in [-0.25, -0.2) is 0 Å². The van der Waals surface area contributed by atoms with E-state index in [9.17, 15) is 22.8 Å². The molecule has 29 heavy (non-hydrogen) atoms. The highest BCUT2D eigenvalue weighted by atomic mass is 19.4. The number of hydrogen-bond acceptors (Lipinski definition) is 4. The lowest BCUT2D eigenvalue weighted by Gasteiger charge is -2.29. The molecule has 0 unspecified atom stereocenters. The second-order valence-corrected chi connectivity index (χ2v) is 8.08. The number of amides is 2. The van der Waals surface area contributed by atoms with Crippen molar-refractivity contribution in [2.45, 2.75) is 77.1 Å². The van der Waals surface area contributed by atoms with Crippen LogP contribution in [0.4, 0.5) is 13.2 Å². The number of methoxy groups -OCH3 is 1. The highest BCUT2D eigenvalue weighted by Crippen LogP contribution is 2.25. The summed E-state index contributed by atoms with van der Waals surface area (Å²) in [5, 5.41) is 4.93. The van der Waals surface area contributed by atoms with Gasteiger partial charge in [-0.15, -0.1) is 0 Å². The van der Waals surface area contributed by atoms with Crippen LogP contribution in [-0.4, -0.2) is 49.9 Å². The molecule has 0 heterocycles. The molecule has 0 radical (unpaired) electrons. The number of hydrogen-bond donors (Lipinski definition) is 2. The van der Waals surface area contributed by atoms with Crippen molar-refractivity contribution in [1.82, 2.24) is 10.6 Å². The standard InChI is InChI=1S/C20H33F3N2O4/c1-14(28-4)10-12-29-19(2,3)11-9-17(26)24-13-15-5-7-16(8-6-15)25-18(27)20(21,22)23/h10,15-16H,5-9,11-13H2,1-4H3,(H,24,26)(H,25,27)/b14-10+. The number of allylic oxidation sites excluding steroid dienone is 1. The number of rotatable bonds is 10. The van der Waals surface area contributed by atoms with Crippen LogP contribution in [0.15, 0.2) is 11.8 Å². The Morgan fingerprint density at radius 3 is 2.31 bits per heavy atom. The summed E-state index contributed by atoms with van der Waals surface area (Å²) in [6, 6.07) is -0.454. The van der Waals surface area contributed by atoms with E-state index in [0.29, 0.717) is 51.7 Å². The van der Waals surface area contributed by atoms with Crippen LogP contribution in [0.5, 0.6) is 0 Å². The molecular weight excluding hydrogens is 389 g/mol. The molecule has 2 N–H and O–H groups in total. The van der Waals surface area contributed by atoms with Gasteiger partial charge in [0.15, 0.2) is 0 Å². The predicted molar refractivity (Wildman–Crippen MR) is 103 cm³/mol. The largest absolute Gasteiger partial charge is 0.502 e. The van der Waals surface area contributed by atoms with Gasteiger partial charge in [0.1, 0.15) is 0 Å². The van der Waals surface area contributed by atoms with Crippen molar-refractivity contribution in [2.75, 3.05) is 20.3 Å². The maximum atomic E-state index is 12.3. The van der Waals surface area contributed by atoms with E-state index < -0.39 is 23.7 Å². The van der Waals surface area contributed by atoms with Gasteiger partial charge >= 0.3 is 12.1 Å². The first-order valence-electron chi connectivity index (χ1n) is 9.92. The Labute approximate surface area is 170 Å². The molecule has 1 fully saturated rings. The highest BCUT2D eigenvalue weighted by molar-refractivity contribution is 5.81. The third kappa shape index (κ3) is 10.5. The Morgan fingerprint density at radius 1 is 1.14 bits per heavy atom. The average Bonchev–Trinajstić information content (AvgIpc) is 2.64. The quantitative estimate of drug-likeness (QED) is 0.529. The van der Waals surface area contributed by atoms with Gasteiger partial charge in [-0.05, 0) is 64.9 Å². The zero-order chi connectivity index (χ0) is 22.1. The maximum Gasteiger partial charge on any atom is 0.471 e. The molecule has 1 rings (SSSR count). The van der Waals surface area contributed by atoms with Crippen LogP contribution < -0.4 is 10.6 Å². The van der Waals surface area contributed by atoms with Crippen LogP contribution in [0.2, 0.25) is 0 Å². The Bertz CT molecular complexity index is 569. The van der Waals surface area contributed by atoms with Crippen LogP contribution in [0.1, 0.15) is 59.3 Å². The number of carbonyl (C=O) groups is 2. The van der Waals surface area contributed by atoms with E-state index in [1.165, 1.54) is 0 Å². The van der Waals surface area contributed by atoms with Crippen LogP contribution in [0.25, 0.3) is 0 Å². The summed E-state index contributed by atoms with van der Waals surface area (Å²) < 4.78 is 47.7. The van der Waals surface area contributed by atoms with Crippen molar-refractivity contribution in [2.24, 2.45) is 5.92 Å². The minimum absolute atomic E-state index is 0.0715. The predicted octanol–water partition coefficient (Wildman–Crippen LogP) is 3.47. The third-order valence-corrected chi connectivity index (χ3v) is 5.15. The zero-order valence-corrected chi connectivity index (χ0v) is 17.7. The smallest absolute Gasteiger partial charge is 0.471 e. The van der Waals surface area contributed by atoms with Gasteiger partial charge in [0.2, 0.25) is 5.91 Å². The van der Waals surface area contributed by atoms with Gasteiger partial charge in [0, 0.05) is 19.0 Å². The van der Waals surface area contributed by atoms with Crippen molar-refractivity contribution in [3.05, 3.63) is 11.8 Å². The molecule has 1 saturated carbocycles. The molecule has 1 aliphatic rings. The lowest BCUT2D eigenvalue weighted by molar-refractivity contribution is -0.174. The van der Waals surface area contributed by atoms with Crippen LogP contribution in [0, 0.1) is 5.92 Å². The molecule has 9 heteroatoms. The molecular formula is C20H33F3N2O4. The molecule has 0 atom stereocenters. The summed E-state index contributed by atoms with van der Waals surface area (Å²) in [6.07, 6.45) is 0.184. The summed E-state index contributed by atoms with van der Waals surface area (Å²) in [5.41, 5.74) is -0.448. The Morgan fingerprint density at radius 2 is 1.76 bits per heavy atom. The van der Waals surface area contributed by atoms with Crippen molar-refractivity contribution in [3.63, 3.8) is 0 Å². The lowest BCUT2D eigenvalue weighted by atomic mass is 9.86. The zero-order valence-electron chi connectivity index (χ0n) is 17.7. The fourth-order valence-electron chi connectivity index (χ4n) is 3.08. The average molecular weight is 422 g/mol. The molecule has 0 aromatic rings. The van der Waals surface area contributed by atoms with Gasteiger partial charge in [0.25, 0.3) is 0 Å². The first kappa shape index (κ1) is 25.3. The number of ether oxygens (including phenoxy) is 2. The molecule has 0 saturated heterocycles. The second-order valence-electron chi connectivity index (χ2n) is 8.08. The van der Waals surface area contributed by atoms with E-state index in [-0.39, 0.29) is 11.8 Å². The van der Waals surface area contributed by atoms with E-state index in [4.69, 9.17) is 9.47 Å². The molecule has 0 aromatic heterocycles. The lowest BCUT2D eigenvalue weighted by Crippen LogP contribution is -2.45. The second kappa shape index (κ2) is 11.4. The summed E-state index contributed by atoms with van der Waals surface area (Å²) in [6.45, 7) is 6.58. The van der Waals surface area contributed by atoms with Crippen LogP contribution >= 0.6 is 0 Å². The van der Waals surface area contributed by atoms with Gasteiger partial charge < -0.3 is 20.1 Å². The van der Waals surface area contributed by atoms with Crippen LogP contribution in [-0.2, 0) is 19.1 Å². The summed E-state index contributed by atoms with van der Waals surface area (Å²) >= 11 is 0. The topological polar surface area (TPSA) is 76.7 Å². The van der Waals surface area contributed by atoms with Gasteiger partial charge in [0.05, 0.1) is 25.1 Å². The SMILES string of the molecule is CO/C(C)=C/COC(C)(C)CCC(=O)NCC1CCC(NC(=O)C(F)(F)F)CC1. The molecule has 0 aliphatic heterocycles. The minimum Gasteiger partial charge on any atom is -0.502 e. The number of carbonyl (C=O) groups excluding carboxylic acids is 2. The summed E-state index contributed by atoms with van der Waals surface area (Å²) in [4.78, 5) is 23.1. The van der Waals surface area contributed by atoms with Crippen LogP contribution in [0.3, 0.4) is 0 Å². The first-order valence-corrected chi connectivity index (χ1v) is 9.92. The number of alkyl halides is 3. The van der Waals surface area contributed by atoms with Crippen molar-refractivity contribution in [3.8, 4) is 0 Å². The number of halogens is 3. The molecule has 1 aliphatic carbocycles. The fraction of sp³-hybridized carbons (Fsp3) is 0.800. The highest BCUT2D eigenvalue weighted by Gasteiger charge is 2.40. The number of nitrogens with one attached hydrogen (secondary N) is 2. The summed E-state index contributed by atoms with van der Waals surface area (Å²) in [5.74, 6) is -0.972. The maximum absolute atomic E-state index is 12.3. The van der Waals surface area contributed by atoms with E-state index in [2.05, 4.69) is 5.32 Å². The Balaban J connectivity index is 2.23. The molecule has 2 amide bonds. The molecule has 0 bridgehead atoms. The monoisotopic (exact) mass is 422 g/mol. The third-order valence-electron chi connectivity index (χ3n) is 5.15. The molecule has 0 spiro atoms. The van der Waals surface area contributed by atoms with Gasteiger partial charge in [-0.3, -0.25) is 9.59 Å². The Kier molecular flexibility index (Phi) is 9.95.